The van der Waals surface area contributed by atoms with Gasteiger partial charge in [0.25, 0.3) is 0 Å². The highest BCUT2D eigenvalue weighted by atomic mass is 35.5. The van der Waals surface area contributed by atoms with E-state index < -0.39 is 0 Å². The molecule has 0 spiro atoms. The molecule has 6 nitrogen and oxygen atoms in total. The third-order valence-corrected chi connectivity index (χ3v) is 7.57. The van der Waals surface area contributed by atoms with E-state index in [4.69, 9.17) is 32.7 Å². The molecule has 2 aromatic heterocycles. The summed E-state index contributed by atoms with van der Waals surface area (Å²) in [4.78, 5) is 11.6. The predicted molar refractivity (Wildman–Crippen MR) is 147 cm³/mol. The van der Waals surface area contributed by atoms with Crippen molar-refractivity contribution >= 4 is 45.6 Å². The Morgan fingerprint density at radius 3 is 2.17 bits per heavy atom. The number of nitrogens with zero attached hydrogens (tertiary/aromatic N) is 3. The highest BCUT2D eigenvalue weighted by molar-refractivity contribution is 6.41. The topological polar surface area (TPSA) is 59.5 Å². The molecule has 1 aliphatic rings. The van der Waals surface area contributed by atoms with Crippen LogP contribution in [0.4, 0.5) is 11.6 Å². The molecule has 0 unspecified atom stereocenters. The number of pyridine rings is 2. The fraction of sp³-hybridized carbons (Fsp3) is 0.286. The standard InChI is InChI=1S/C28H28Cl2N4O2/c1-34-10-8-17(9-11-34)20-6-7-24(31-15-20)33-25-13-18-4-5-19(12-21(18)16-32-25)26-27(29)22(35-2)14-23(36-3)28(26)30/h4-7,12-17H,8-11H2,1-3H3,(H,31,32,33). The van der Waals surface area contributed by atoms with Gasteiger partial charge in [0, 0.05) is 29.4 Å². The Morgan fingerprint density at radius 2 is 1.53 bits per heavy atom. The van der Waals surface area contributed by atoms with Crippen LogP contribution in [0.1, 0.15) is 24.3 Å². The highest BCUT2D eigenvalue weighted by Crippen LogP contribution is 2.46. The molecule has 1 fully saturated rings. The molecule has 0 aliphatic carbocycles. The maximum atomic E-state index is 6.61. The van der Waals surface area contributed by atoms with E-state index in [9.17, 15) is 0 Å². The van der Waals surface area contributed by atoms with Crippen LogP contribution in [-0.4, -0.2) is 49.2 Å². The summed E-state index contributed by atoms with van der Waals surface area (Å²) in [5, 5.41) is 6.18. The fourth-order valence-electron chi connectivity index (χ4n) is 4.70. The van der Waals surface area contributed by atoms with Gasteiger partial charge in [0.2, 0.25) is 0 Å². The molecular formula is C28H28Cl2N4O2. The van der Waals surface area contributed by atoms with Gasteiger partial charge in [-0.15, -0.1) is 0 Å². The van der Waals surface area contributed by atoms with Gasteiger partial charge in [0.15, 0.2) is 0 Å². The molecule has 36 heavy (non-hydrogen) atoms. The minimum absolute atomic E-state index is 0.434. The maximum Gasteiger partial charge on any atom is 0.141 e. The molecule has 0 bridgehead atoms. The number of anilines is 2. The molecule has 1 saturated heterocycles. The summed E-state index contributed by atoms with van der Waals surface area (Å²) in [6.07, 6.45) is 6.17. The van der Waals surface area contributed by atoms with Crippen LogP contribution < -0.4 is 14.8 Å². The van der Waals surface area contributed by atoms with Crippen LogP contribution in [0.15, 0.2) is 54.9 Å². The second-order valence-corrected chi connectivity index (χ2v) is 9.85. The van der Waals surface area contributed by atoms with Gasteiger partial charge >= 0.3 is 0 Å². The van der Waals surface area contributed by atoms with Crippen LogP contribution in [0.3, 0.4) is 0 Å². The Balaban J connectivity index is 1.38. The van der Waals surface area contributed by atoms with Crippen molar-refractivity contribution in [3.05, 3.63) is 70.5 Å². The van der Waals surface area contributed by atoms with Gasteiger partial charge in [0.05, 0.1) is 24.3 Å². The first kappa shape index (κ1) is 24.6. The number of halogens is 2. The number of nitrogens with one attached hydrogen (secondary N) is 1. The maximum absolute atomic E-state index is 6.61. The lowest BCUT2D eigenvalue weighted by molar-refractivity contribution is 0.255. The quantitative estimate of drug-likeness (QED) is 0.289. The number of benzene rings is 2. The van der Waals surface area contributed by atoms with Crippen LogP contribution in [-0.2, 0) is 0 Å². The van der Waals surface area contributed by atoms with E-state index >= 15 is 0 Å². The zero-order valence-corrected chi connectivity index (χ0v) is 22.0. The smallest absolute Gasteiger partial charge is 0.141 e. The predicted octanol–water partition coefficient (Wildman–Crippen LogP) is 7.17. The summed E-state index contributed by atoms with van der Waals surface area (Å²) >= 11 is 13.2. The zero-order chi connectivity index (χ0) is 25.2. The van der Waals surface area contributed by atoms with E-state index in [0.717, 1.165) is 41.1 Å². The molecule has 0 radical (unpaired) electrons. The number of likely N-dealkylation sites (tertiary alicyclic amines) is 1. The van der Waals surface area contributed by atoms with Gasteiger partial charge in [-0.05, 0) is 73.6 Å². The molecule has 4 aromatic rings. The third kappa shape index (κ3) is 4.94. The highest BCUT2D eigenvalue weighted by Gasteiger charge is 2.20. The Kier molecular flexibility index (Phi) is 7.19. The molecule has 5 rings (SSSR count). The lowest BCUT2D eigenvalue weighted by Gasteiger charge is -2.29. The summed E-state index contributed by atoms with van der Waals surface area (Å²) in [7, 11) is 5.31. The van der Waals surface area contributed by atoms with E-state index in [-0.39, 0.29) is 0 Å². The number of rotatable bonds is 6. The van der Waals surface area contributed by atoms with Crippen molar-refractivity contribution in [3.63, 3.8) is 0 Å². The number of piperidine rings is 1. The molecular weight excluding hydrogens is 495 g/mol. The van der Waals surface area contributed by atoms with Gasteiger partial charge < -0.3 is 19.7 Å². The van der Waals surface area contributed by atoms with Gasteiger partial charge in [-0.25, -0.2) is 9.97 Å². The van der Waals surface area contributed by atoms with Crippen molar-refractivity contribution in [2.75, 3.05) is 39.7 Å². The van der Waals surface area contributed by atoms with E-state index in [2.05, 4.69) is 33.3 Å². The lowest BCUT2D eigenvalue weighted by atomic mass is 9.91. The molecule has 2 aromatic carbocycles. The van der Waals surface area contributed by atoms with Gasteiger partial charge in [-0.2, -0.15) is 0 Å². The fourth-order valence-corrected chi connectivity index (χ4v) is 5.42. The van der Waals surface area contributed by atoms with Crippen LogP contribution in [0.2, 0.25) is 10.0 Å². The zero-order valence-electron chi connectivity index (χ0n) is 20.5. The number of methoxy groups -OCH3 is 2. The lowest BCUT2D eigenvalue weighted by Crippen LogP contribution is -2.29. The molecule has 8 heteroatoms. The monoisotopic (exact) mass is 522 g/mol. The first-order chi connectivity index (χ1) is 17.5. The second-order valence-electron chi connectivity index (χ2n) is 9.09. The van der Waals surface area contributed by atoms with Crippen molar-refractivity contribution < 1.29 is 9.47 Å². The number of hydrogen-bond donors (Lipinski definition) is 1. The summed E-state index contributed by atoms with van der Waals surface area (Å²) in [5.41, 5.74) is 2.81. The normalized spacial score (nSPS) is 14.7. The molecule has 1 N–H and O–H groups in total. The van der Waals surface area contributed by atoms with Crippen LogP contribution in [0.25, 0.3) is 21.9 Å². The summed E-state index contributed by atoms with van der Waals surface area (Å²) in [6, 6.07) is 13.9. The van der Waals surface area contributed by atoms with Gasteiger partial charge in [0.1, 0.15) is 23.1 Å². The average molecular weight is 523 g/mol. The van der Waals surface area contributed by atoms with Crippen molar-refractivity contribution in [3.8, 4) is 22.6 Å². The molecule has 1 aliphatic heterocycles. The van der Waals surface area contributed by atoms with Crippen LogP contribution >= 0.6 is 23.2 Å². The Hall–Kier alpha value is -3.06. The molecule has 0 atom stereocenters. The van der Waals surface area contributed by atoms with E-state index in [1.807, 2.05) is 42.7 Å². The molecule has 3 heterocycles. The summed E-state index contributed by atoms with van der Waals surface area (Å²) in [5.74, 6) is 3.09. The first-order valence-corrected chi connectivity index (χ1v) is 12.6. The molecule has 0 amide bonds. The minimum Gasteiger partial charge on any atom is -0.495 e. The van der Waals surface area contributed by atoms with Crippen molar-refractivity contribution in [1.82, 2.24) is 14.9 Å². The third-order valence-electron chi connectivity index (χ3n) is 6.82. The summed E-state index contributed by atoms with van der Waals surface area (Å²) < 4.78 is 10.8. The summed E-state index contributed by atoms with van der Waals surface area (Å²) in [6.45, 7) is 2.27. The Bertz CT molecular complexity index is 1360. The minimum atomic E-state index is 0.434. The Morgan fingerprint density at radius 1 is 0.833 bits per heavy atom. The largest absolute Gasteiger partial charge is 0.495 e. The number of hydrogen-bond acceptors (Lipinski definition) is 6. The molecule has 186 valence electrons. The van der Waals surface area contributed by atoms with Crippen LogP contribution in [0, 0.1) is 0 Å². The number of fused-ring (bicyclic) bond motifs is 1. The average Bonchev–Trinajstić information content (AvgIpc) is 2.90. The SMILES string of the molecule is COc1cc(OC)c(Cl)c(-c2ccc3cc(Nc4ccc(C5CCN(C)CC5)cn4)ncc3c2)c1Cl. The van der Waals surface area contributed by atoms with Gasteiger partial charge in [-0.1, -0.05) is 41.4 Å². The Labute approximate surface area is 221 Å². The van der Waals surface area contributed by atoms with Crippen molar-refractivity contribution in [2.24, 2.45) is 0 Å². The molecule has 0 saturated carbocycles. The van der Waals surface area contributed by atoms with Gasteiger partial charge in [-0.3, -0.25) is 0 Å². The van der Waals surface area contributed by atoms with E-state index in [0.29, 0.717) is 33.0 Å². The number of aromatic nitrogens is 2. The van der Waals surface area contributed by atoms with Crippen molar-refractivity contribution in [2.45, 2.75) is 18.8 Å². The van der Waals surface area contributed by atoms with E-state index in [1.54, 1.807) is 20.3 Å². The van der Waals surface area contributed by atoms with E-state index in [1.165, 1.54) is 18.4 Å². The van der Waals surface area contributed by atoms with Crippen molar-refractivity contribution in [1.29, 1.82) is 0 Å². The number of ether oxygens (including phenoxy) is 2. The first-order valence-electron chi connectivity index (χ1n) is 11.9. The van der Waals surface area contributed by atoms with Crippen LogP contribution in [0.5, 0.6) is 11.5 Å². The second kappa shape index (κ2) is 10.5.